The molecule has 0 aromatic carbocycles. The van der Waals surface area contributed by atoms with Crippen LogP contribution in [0.2, 0.25) is 0 Å². The van der Waals surface area contributed by atoms with Crippen LogP contribution < -0.4 is 0 Å². The van der Waals surface area contributed by atoms with E-state index in [1.54, 1.807) is 0 Å². The van der Waals surface area contributed by atoms with Gasteiger partial charge in [0, 0.05) is 12.5 Å². The molecule has 0 aliphatic carbocycles. The minimum absolute atomic E-state index is 0.0499. The van der Waals surface area contributed by atoms with Gasteiger partial charge in [-0.25, -0.2) is 16.8 Å². The van der Waals surface area contributed by atoms with Crippen LogP contribution in [0.1, 0.15) is 6.92 Å². The van der Waals surface area contributed by atoms with Gasteiger partial charge in [0.2, 0.25) is 0 Å². The molecule has 9 heteroatoms. The van der Waals surface area contributed by atoms with Gasteiger partial charge in [-0.05, 0) is 24.3 Å². The molecule has 112 valence electrons. The van der Waals surface area contributed by atoms with Crippen LogP contribution in [0, 0.1) is 0 Å². The standard InChI is InChI=1S/C12H13N3O4S2/c1-3-21(18,19)10-5-4-8-13-12(10)9-6-7-11(15-14-9)20(2,16)17/h4-8H,3H2,1-2H3. The first-order valence-electron chi connectivity index (χ1n) is 5.97. The van der Waals surface area contributed by atoms with Crippen LogP contribution in [0.25, 0.3) is 11.4 Å². The zero-order chi connectivity index (χ0) is 15.7. The lowest BCUT2D eigenvalue weighted by Crippen LogP contribution is -2.08. The van der Waals surface area contributed by atoms with Crippen LogP contribution in [-0.2, 0) is 19.7 Å². The van der Waals surface area contributed by atoms with Crippen LogP contribution in [0.4, 0.5) is 0 Å². The van der Waals surface area contributed by atoms with Gasteiger partial charge in [-0.3, -0.25) is 4.98 Å². The SMILES string of the molecule is CCS(=O)(=O)c1cccnc1-c1ccc(S(C)(=O)=O)nn1. The van der Waals surface area contributed by atoms with E-state index in [1.165, 1.54) is 37.4 Å². The van der Waals surface area contributed by atoms with Gasteiger partial charge in [0.15, 0.2) is 24.7 Å². The molecule has 0 unspecified atom stereocenters. The van der Waals surface area contributed by atoms with E-state index >= 15 is 0 Å². The lowest BCUT2D eigenvalue weighted by molar-refractivity contribution is 0.594. The Hall–Kier alpha value is -1.87. The molecule has 0 saturated carbocycles. The van der Waals surface area contributed by atoms with Crippen molar-refractivity contribution in [2.75, 3.05) is 12.0 Å². The summed E-state index contributed by atoms with van der Waals surface area (Å²) in [6.45, 7) is 1.53. The Morgan fingerprint density at radius 2 is 1.76 bits per heavy atom. The van der Waals surface area contributed by atoms with Crippen molar-refractivity contribution in [1.82, 2.24) is 15.2 Å². The molecule has 0 saturated heterocycles. The summed E-state index contributed by atoms with van der Waals surface area (Å²) in [4.78, 5) is 4.07. The van der Waals surface area contributed by atoms with Crippen LogP contribution in [0.5, 0.6) is 0 Å². The average molecular weight is 327 g/mol. The topological polar surface area (TPSA) is 107 Å². The minimum Gasteiger partial charge on any atom is -0.253 e. The van der Waals surface area contributed by atoms with E-state index in [-0.39, 0.29) is 27.1 Å². The van der Waals surface area contributed by atoms with Gasteiger partial charge >= 0.3 is 0 Å². The lowest BCUT2D eigenvalue weighted by Gasteiger charge is -2.07. The molecule has 0 fully saturated rings. The molecular weight excluding hydrogens is 314 g/mol. The van der Waals surface area contributed by atoms with Crippen molar-refractivity contribution in [3.8, 4) is 11.4 Å². The number of rotatable bonds is 4. The van der Waals surface area contributed by atoms with Crippen LogP contribution in [0.15, 0.2) is 40.4 Å². The van der Waals surface area contributed by atoms with E-state index < -0.39 is 19.7 Å². The van der Waals surface area contributed by atoms with Gasteiger partial charge < -0.3 is 0 Å². The van der Waals surface area contributed by atoms with Gasteiger partial charge in [0.25, 0.3) is 0 Å². The Balaban J connectivity index is 2.59. The fraction of sp³-hybridized carbons (Fsp3) is 0.250. The minimum atomic E-state index is -3.46. The number of sulfone groups is 2. The maximum Gasteiger partial charge on any atom is 0.194 e. The Kier molecular flexibility index (Phi) is 4.06. The summed E-state index contributed by atoms with van der Waals surface area (Å²) < 4.78 is 46.8. The highest BCUT2D eigenvalue weighted by atomic mass is 32.2. The number of aromatic nitrogens is 3. The summed E-state index contributed by atoms with van der Waals surface area (Å²) >= 11 is 0. The van der Waals surface area contributed by atoms with Gasteiger partial charge in [0.05, 0.1) is 10.6 Å². The van der Waals surface area contributed by atoms with Crippen LogP contribution >= 0.6 is 0 Å². The quantitative estimate of drug-likeness (QED) is 0.815. The van der Waals surface area contributed by atoms with E-state index in [4.69, 9.17) is 0 Å². The summed E-state index contributed by atoms with van der Waals surface area (Å²) in [6, 6.07) is 5.62. The van der Waals surface area contributed by atoms with E-state index in [1.807, 2.05) is 0 Å². The molecule has 0 aliphatic heterocycles. The highest BCUT2D eigenvalue weighted by molar-refractivity contribution is 7.91. The van der Waals surface area contributed by atoms with Crippen molar-refractivity contribution in [3.63, 3.8) is 0 Å². The first-order valence-corrected chi connectivity index (χ1v) is 9.52. The number of pyridine rings is 1. The van der Waals surface area contributed by atoms with Gasteiger partial charge in [-0.15, -0.1) is 10.2 Å². The normalized spacial score (nSPS) is 12.3. The van der Waals surface area contributed by atoms with Crippen LogP contribution in [-0.4, -0.2) is 44.0 Å². The van der Waals surface area contributed by atoms with Gasteiger partial charge in [0.1, 0.15) is 11.4 Å². The average Bonchev–Trinajstić information content (AvgIpc) is 2.46. The Morgan fingerprint density at radius 1 is 1.05 bits per heavy atom. The first kappa shape index (κ1) is 15.5. The first-order chi connectivity index (χ1) is 9.75. The molecule has 0 aliphatic rings. The second kappa shape index (κ2) is 5.49. The largest absolute Gasteiger partial charge is 0.253 e. The molecule has 21 heavy (non-hydrogen) atoms. The number of hydrogen-bond donors (Lipinski definition) is 0. The predicted octanol–water partition coefficient (Wildman–Crippen LogP) is 0.736. The van der Waals surface area contributed by atoms with Crippen molar-refractivity contribution in [1.29, 1.82) is 0 Å². The van der Waals surface area contributed by atoms with E-state index in [0.29, 0.717) is 0 Å². The monoisotopic (exact) mass is 327 g/mol. The molecule has 2 aromatic heterocycles. The van der Waals surface area contributed by atoms with Gasteiger partial charge in [-0.2, -0.15) is 0 Å². The summed E-state index contributed by atoms with van der Waals surface area (Å²) in [6.07, 6.45) is 2.46. The highest BCUT2D eigenvalue weighted by Gasteiger charge is 2.20. The zero-order valence-corrected chi connectivity index (χ0v) is 13.0. The van der Waals surface area contributed by atoms with E-state index in [9.17, 15) is 16.8 Å². The molecule has 2 heterocycles. The van der Waals surface area contributed by atoms with Gasteiger partial charge in [-0.1, -0.05) is 6.92 Å². The van der Waals surface area contributed by atoms with Crippen molar-refractivity contribution in [2.45, 2.75) is 16.8 Å². The van der Waals surface area contributed by atoms with Crippen molar-refractivity contribution >= 4 is 19.7 Å². The Bertz CT molecular complexity index is 860. The molecule has 0 atom stereocenters. The van der Waals surface area contributed by atoms with Crippen LogP contribution in [0.3, 0.4) is 0 Å². The maximum atomic E-state index is 12.0. The molecule has 0 N–H and O–H groups in total. The zero-order valence-electron chi connectivity index (χ0n) is 11.4. The molecule has 7 nitrogen and oxygen atoms in total. The fourth-order valence-corrected chi connectivity index (χ4v) is 3.19. The lowest BCUT2D eigenvalue weighted by atomic mass is 10.2. The predicted molar refractivity (Wildman–Crippen MR) is 76.1 cm³/mol. The molecule has 0 bridgehead atoms. The summed E-state index contributed by atoms with van der Waals surface area (Å²) in [5.74, 6) is -0.0689. The molecule has 0 amide bonds. The third kappa shape index (κ3) is 3.24. The summed E-state index contributed by atoms with van der Waals surface area (Å²) in [5.41, 5.74) is 0.363. The highest BCUT2D eigenvalue weighted by Crippen LogP contribution is 2.24. The van der Waals surface area contributed by atoms with E-state index in [2.05, 4.69) is 15.2 Å². The summed E-state index contributed by atoms with van der Waals surface area (Å²) in [7, 11) is -6.92. The molecule has 2 rings (SSSR count). The third-order valence-electron chi connectivity index (χ3n) is 2.75. The van der Waals surface area contributed by atoms with E-state index in [0.717, 1.165) is 6.26 Å². The second-order valence-corrected chi connectivity index (χ2v) is 8.49. The number of nitrogens with zero attached hydrogens (tertiary/aromatic N) is 3. The van der Waals surface area contributed by atoms with Crippen molar-refractivity contribution in [3.05, 3.63) is 30.5 Å². The Labute approximate surface area is 122 Å². The van der Waals surface area contributed by atoms with Crippen molar-refractivity contribution in [2.24, 2.45) is 0 Å². The van der Waals surface area contributed by atoms with Crippen molar-refractivity contribution < 1.29 is 16.8 Å². The summed E-state index contributed by atoms with van der Waals surface area (Å²) in [5, 5.41) is 7.19. The molecule has 0 radical (unpaired) electrons. The number of hydrogen-bond acceptors (Lipinski definition) is 7. The fourth-order valence-electron chi connectivity index (χ4n) is 1.63. The third-order valence-corrected chi connectivity index (χ3v) is 5.49. The molecule has 2 aromatic rings. The maximum absolute atomic E-state index is 12.0. The molecular formula is C12H13N3O4S2. The Morgan fingerprint density at radius 3 is 2.29 bits per heavy atom. The second-order valence-electron chi connectivity index (χ2n) is 4.28. The smallest absolute Gasteiger partial charge is 0.194 e. The molecule has 0 spiro atoms.